The van der Waals surface area contributed by atoms with E-state index in [-0.39, 0.29) is 0 Å². The second-order valence-electron chi connectivity index (χ2n) is 5.48. The van der Waals surface area contributed by atoms with Crippen molar-refractivity contribution in [3.63, 3.8) is 0 Å². The summed E-state index contributed by atoms with van der Waals surface area (Å²) in [5, 5.41) is 2.68. The standard InChI is InChI=1S/C10H9B.C4H12N/c11-10-7-3-5-8-4-1-2-6-9(8)10;1-5(2,3)4/h1-7H,11H2;1-4H3/q;+1. The van der Waals surface area contributed by atoms with Crippen LogP contribution in [0.2, 0.25) is 0 Å². The Morgan fingerprint density at radius 2 is 1.31 bits per heavy atom. The summed E-state index contributed by atoms with van der Waals surface area (Å²) in [7, 11) is 10.6. The third kappa shape index (κ3) is 4.50. The van der Waals surface area contributed by atoms with Crippen LogP contribution in [0.4, 0.5) is 0 Å². The van der Waals surface area contributed by atoms with Crippen molar-refractivity contribution >= 4 is 24.1 Å². The number of fused-ring (bicyclic) bond motifs is 1. The lowest BCUT2D eigenvalue weighted by atomic mass is 9.90. The van der Waals surface area contributed by atoms with E-state index in [1.807, 2.05) is 0 Å². The van der Waals surface area contributed by atoms with Crippen LogP contribution in [0.25, 0.3) is 10.8 Å². The minimum atomic E-state index is 1.00. The van der Waals surface area contributed by atoms with E-state index in [1.54, 1.807) is 0 Å². The van der Waals surface area contributed by atoms with Crippen LogP contribution in [0.1, 0.15) is 0 Å². The normalized spacial score (nSPS) is 10.8. The van der Waals surface area contributed by atoms with E-state index < -0.39 is 0 Å². The van der Waals surface area contributed by atoms with Gasteiger partial charge in [0.25, 0.3) is 0 Å². The van der Waals surface area contributed by atoms with E-state index in [0.29, 0.717) is 0 Å². The van der Waals surface area contributed by atoms with Gasteiger partial charge in [-0.2, -0.15) is 0 Å². The number of hydrogen-bond acceptors (Lipinski definition) is 0. The molecule has 0 bridgehead atoms. The molecule has 2 aromatic carbocycles. The van der Waals surface area contributed by atoms with Crippen molar-refractivity contribution in [1.82, 2.24) is 0 Å². The Labute approximate surface area is 99.7 Å². The molecule has 0 fully saturated rings. The first-order chi connectivity index (χ1) is 7.38. The van der Waals surface area contributed by atoms with Crippen LogP contribution in [0.15, 0.2) is 42.5 Å². The second kappa shape index (κ2) is 5.17. The third-order valence-electron chi connectivity index (χ3n) is 2.01. The quantitative estimate of drug-likeness (QED) is 0.459. The van der Waals surface area contributed by atoms with Crippen LogP contribution in [0.5, 0.6) is 0 Å². The first-order valence-electron chi connectivity index (χ1n) is 5.61. The zero-order valence-corrected chi connectivity index (χ0v) is 11.0. The minimum Gasteiger partial charge on any atom is -0.333 e. The van der Waals surface area contributed by atoms with Gasteiger partial charge in [0.2, 0.25) is 0 Å². The molecule has 0 saturated carbocycles. The summed E-state index contributed by atoms with van der Waals surface area (Å²) in [6.07, 6.45) is 0. The monoisotopic (exact) mass is 214 g/mol. The summed E-state index contributed by atoms with van der Waals surface area (Å²) in [6.45, 7) is 0. The Bertz CT molecular complexity index is 446. The van der Waals surface area contributed by atoms with Gasteiger partial charge in [0, 0.05) is 0 Å². The summed E-state index contributed by atoms with van der Waals surface area (Å²) >= 11 is 0. The van der Waals surface area contributed by atoms with Crippen molar-refractivity contribution in [3.05, 3.63) is 42.5 Å². The smallest absolute Gasteiger partial charge is 0.140 e. The second-order valence-corrected chi connectivity index (χ2v) is 5.48. The first-order valence-corrected chi connectivity index (χ1v) is 5.61. The van der Waals surface area contributed by atoms with Crippen molar-refractivity contribution in [3.8, 4) is 0 Å². The van der Waals surface area contributed by atoms with Gasteiger partial charge in [0.15, 0.2) is 0 Å². The molecule has 0 aromatic heterocycles. The maximum atomic E-state index is 2.16. The van der Waals surface area contributed by atoms with Crippen LogP contribution in [0.3, 0.4) is 0 Å². The van der Waals surface area contributed by atoms with Gasteiger partial charge in [-0.15, -0.1) is 0 Å². The van der Waals surface area contributed by atoms with Crippen LogP contribution in [-0.2, 0) is 0 Å². The molecule has 0 atom stereocenters. The summed E-state index contributed by atoms with van der Waals surface area (Å²) < 4.78 is 1.00. The molecule has 0 N–H and O–H groups in total. The fourth-order valence-electron chi connectivity index (χ4n) is 1.39. The van der Waals surface area contributed by atoms with Gasteiger partial charge in [0.05, 0.1) is 28.2 Å². The van der Waals surface area contributed by atoms with E-state index in [0.717, 1.165) is 4.48 Å². The lowest BCUT2D eigenvalue weighted by Crippen LogP contribution is -2.27. The number of benzene rings is 2. The largest absolute Gasteiger partial charge is 0.333 e. The van der Waals surface area contributed by atoms with E-state index in [2.05, 4.69) is 78.5 Å². The molecule has 0 unspecified atom stereocenters. The van der Waals surface area contributed by atoms with E-state index >= 15 is 0 Å². The summed E-state index contributed by atoms with van der Waals surface area (Å²) in [4.78, 5) is 0. The third-order valence-corrected chi connectivity index (χ3v) is 2.01. The van der Waals surface area contributed by atoms with Gasteiger partial charge < -0.3 is 4.48 Å². The summed E-state index contributed by atoms with van der Waals surface area (Å²) in [5.74, 6) is 0. The topological polar surface area (TPSA) is 0 Å². The fraction of sp³-hybridized carbons (Fsp3) is 0.286. The Morgan fingerprint density at radius 3 is 1.88 bits per heavy atom. The molecule has 1 nitrogen and oxygen atoms in total. The number of quaternary nitrogens is 1. The molecule has 0 heterocycles. The molecule has 84 valence electrons. The molecule has 2 aromatic rings. The summed E-state index contributed by atoms with van der Waals surface area (Å²) in [6, 6.07) is 14.8. The van der Waals surface area contributed by atoms with Gasteiger partial charge in [-0.05, 0) is 10.8 Å². The number of rotatable bonds is 0. The van der Waals surface area contributed by atoms with Crippen LogP contribution in [-0.4, -0.2) is 40.5 Å². The van der Waals surface area contributed by atoms with Crippen molar-refractivity contribution in [1.29, 1.82) is 0 Å². The van der Waals surface area contributed by atoms with Crippen molar-refractivity contribution in [2.24, 2.45) is 0 Å². The van der Waals surface area contributed by atoms with Gasteiger partial charge in [-0.25, -0.2) is 0 Å². The molecule has 0 saturated heterocycles. The molecular formula is C14H21BN+. The molecule has 2 rings (SSSR count). The zero-order chi connectivity index (χ0) is 12.2. The molecule has 16 heavy (non-hydrogen) atoms. The lowest BCUT2D eigenvalue weighted by molar-refractivity contribution is -0.849. The average Bonchev–Trinajstić information content (AvgIpc) is 2.16. The highest BCUT2D eigenvalue weighted by Crippen LogP contribution is 2.08. The van der Waals surface area contributed by atoms with Crippen molar-refractivity contribution in [2.45, 2.75) is 0 Å². The minimum absolute atomic E-state index is 1.00. The van der Waals surface area contributed by atoms with Gasteiger partial charge in [-0.1, -0.05) is 47.9 Å². The lowest BCUT2D eigenvalue weighted by Gasteiger charge is -2.14. The van der Waals surface area contributed by atoms with Gasteiger partial charge >= 0.3 is 0 Å². The molecule has 0 aliphatic heterocycles. The highest BCUT2D eigenvalue weighted by Gasteiger charge is 1.92. The molecule has 0 amide bonds. The number of nitrogens with zero attached hydrogens (tertiary/aromatic N) is 1. The summed E-state index contributed by atoms with van der Waals surface area (Å²) in [5.41, 5.74) is 1.35. The Kier molecular flexibility index (Phi) is 4.14. The fourth-order valence-corrected chi connectivity index (χ4v) is 1.39. The Morgan fingerprint density at radius 1 is 0.812 bits per heavy atom. The van der Waals surface area contributed by atoms with Gasteiger partial charge in [-0.3, -0.25) is 0 Å². The Balaban J connectivity index is 0.000000221. The van der Waals surface area contributed by atoms with Crippen molar-refractivity contribution in [2.75, 3.05) is 28.2 Å². The van der Waals surface area contributed by atoms with E-state index in [9.17, 15) is 0 Å². The predicted octanol–water partition coefficient (Wildman–Crippen LogP) is 1.42. The molecule has 0 radical (unpaired) electrons. The number of hydrogen-bond donors (Lipinski definition) is 0. The highest BCUT2D eigenvalue weighted by atomic mass is 15.2. The van der Waals surface area contributed by atoms with Crippen LogP contribution in [0, 0.1) is 0 Å². The van der Waals surface area contributed by atoms with Gasteiger partial charge in [0.1, 0.15) is 7.85 Å². The Hall–Kier alpha value is -1.28. The maximum absolute atomic E-state index is 2.16. The van der Waals surface area contributed by atoms with E-state index in [1.165, 1.54) is 16.2 Å². The maximum Gasteiger partial charge on any atom is 0.140 e. The molecule has 0 aliphatic carbocycles. The molecular weight excluding hydrogens is 193 g/mol. The van der Waals surface area contributed by atoms with Crippen LogP contribution >= 0.6 is 0 Å². The zero-order valence-electron chi connectivity index (χ0n) is 11.0. The molecule has 0 aliphatic rings. The molecule has 2 heteroatoms. The highest BCUT2D eigenvalue weighted by molar-refractivity contribution is 6.38. The van der Waals surface area contributed by atoms with Crippen LogP contribution < -0.4 is 5.46 Å². The van der Waals surface area contributed by atoms with E-state index in [4.69, 9.17) is 0 Å². The molecule has 0 spiro atoms. The first kappa shape index (κ1) is 12.8. The predicted molar refractivity (Wildman–Crippen MR) is 76.1 cm³/mol. The van der Waals surface area contributed by atoms with Crippen molar-refractivity contribution < 1.29 is 4.48 Å². The SMILES string of the molecule is Bc1cccc2ccccc12.C[N+](C)(C)C. The average molecular weight is 214 g/mol.